The molecule has 1 aliphatic heterocycles. The van der Waals surface area contributed by atoms with Crippen LogP contribution in [0.5, 0.6) is 0 Å². The van der Waals surface area contributed by atoms with Crippen molar-refractivity contribution in [2.75, 3.05) is 13.1 Å². The van der Waals surface area contributed by atoms with Gasteiger partial charge in [-0.05, 0) is 37.5 Å². The van der Waals surface area contributed by atoms with Crippen LogP contribution in [0.2, 0.25) is 0 Å². The van der Waals surface area contributed by atoms with Crippen LogP contribution in [-0.2, 0) is 16.1 Å². The number of carbonyl (C=O) groups excluding carboxylic acids is 2. The Labute approximate surface area is 148 Å². The molecule has 2 aromatic carbocycles. The molecule has 130 valence electrons. The summed E-state index contributed by atoms with van der Waals surface area (Å²) in [5.74, 6) is -0.239. The predicted molar refractivity (Wildman–Crippen MR) is 96.0 cm³/mol. The fourth-order valence-electron chi connectivity index (χ4n) is 3.13. The molecule has 25 heavy (non-hydrogen) atoms. The first-order valence-corrected chi connectivity index (χ1v) is 8.70. The average Bonchev–Trinajstić information content (AvgIpc) is 2.66. The summed E-state index contributed by atoms with van der Waals surface area (Å²) in [5.41, 5.74) is 2.78. The van der Waals surface area contributed by atoms with Crippen molar-refractivity contribution in [2.24, 2.45) is 5.92 Å². The Morgan fingerprint density at radius 1 is 1.04 bits per heavy atom. The topological polar surface area (TPSA) is 46.6 Å². The van der Waals surface area contributed by atoms with Gasteiger partial charge < -0.3 is 9.64 Å². The van der Waals surface area contributed by atoms with E-state index in [2.05, 4.69) is 0 Å². The van der Waals surface area contributed by atoms with Gasteiger partial charge in [0.25, 0.3) is 5.91 Å². The molecule has 1 heterocycles. The fraction of sp³-hybridized carbons (Fsp3) is 0.333. The van der Waals surface area contributed by atoms with E-state index >= 15 is 0 Å². The van der Waals surface area contributed by atoms with E-state index in [1.54, 1.807) is 0 Å². The molecule has 4 heteroatoms. The summed E-state index contributed by atoms with van der Waals surface area (Å²) in [6.45, 7) is 3.48. The number of benzene rings is 2. The second-order valence-electron chi connectivity index (χ2n) is 6.53. The maximum atomic E-state index is 12.5. The molecule has 2 aromatic rings. The number of esters is 1. The van der Waals surface area contributed by atoms with Crippen LogP contribution in [0.3, 0.4) is 0 Å². The molecule has 0 radical (unpaired) electrons. The number of likely N-dealkylation sites (tertiary alicyclic amines) is 1. The average molecular weight is 337 g/mol. The van der Waals surface area contributed by atoms with Gasteiger partial charge in [-0.1, -0.05) is 48.0 Å². The monoisotopic (exact) mass is 337 g/mol. The number of nitrogens with zero attached hydrogens (tertiary/aromatic N) is 1. The summed E-state index contributed by atoms with van der Waals surface area (Å²) in [6, 6.07) is 17.3. The minimum Gasteiger partial charge on any atom is -0.461 e. The van der Waals surface area contributed by atoms with Gasteiger partial charge in [0.05, 0.1) is 5.92 Å². The zero-order valence-corrected chi connectivity index (χ0v) is 14.5. The number of rotatable bonds is 4. The maximum Gasteiger partial charge on any atom is 0.309 e. The van der Waals surface area contributed by atoms with Gasteiger partial charge in [-0.2, -0.15) is 0 Å². The SMILES string of the molecule is Cc1cccc(C(=O)N2CCC(C(=O)OCc3ccccc3)CC2)c1. The van der Waals surface area contributed by atoms with Gasteiger partial charge in [-0.15, -0.1) is 0 Å². The van der Waals surface area contributed by atoms with Crippen molar-refractivity contribution in [3.8, 4) is 0 Å². The molecule has 0 spiro atoms. The molecule has 0 aromatic heterocycles. The summed E-state index contributed by atoms with van der Waals surface area (Å²) in [5, 5.41) is 0. The Morgan fingerprint density at radius 3 is 2.44 bits per heavy atom. The van der Waals surface area contributed by atoms with Crippen LogP contribution in [0.4, 0.5) is 0 Å². The Hall–Kier alpha value is -2.62. The molecular formula is C21H23NO3. The number of ether oxygens (including phenoxy) is 1. The van der Waals surface area contributed by atoms with E-state index in [4.69, 9.17) is 4.74 Å². The number of carbonyl (C=O) groups is 2. The van der Waals surface area contributed by atoms with Gasteiger partial charge >= 0.3 is 5.97 Å². The van der Waals surface area contributed by atoms with Crippen molar-refractivity contribution in [1.82, 2.24) is 4.90 Å². The molecule has 0 saturated carbocycles. The lowest BCUT2D eigenvalue weighted by Crippen LogP contribution is -2.40. The third-order valence-corrected chi connectivity index (χ3v) is 4.60. The first kappa shape index (κ1) is 17.2. The van der Waals surface area contributed by atoms with Crippen LogP contribution in [0.1, 0.15) is 34.3 Å². The van der Waals surface area contributed by atoms with Crippen LogP contribution in [-0.4, -0.2) is 29.9 Å². The highest BCUT2D eigenvalue weighted by Gasteiger charge is 2.28. The normalized spacial score (nSPS) is 15.0. The molecule has 1 aliphatic rings. The summed E-state index contributed by atoms with van der Waals surface area (Å²) in [7, 11) is 0. The van der Waals surface area contributed by atoms with E-state index in [-0.39, 0.29) is 17.8 Å². The Kier molecular flexibility index (Phi) is 5.49. The van der Waals surface area contributed by atoms with Crippen molar-refractivity contribution in [2.45, 2.75) is 26.4 Å². The standard InChI is InChI=1S/C21H23NO3/c1-16-6-5-9-19(14-16)20(23)22-12-10-18(11-13-22)21(24)25-15-17-7-3-2-4-8-17/h2-9,14,18H,10-13,15H2,1H3. The van der Waals surface area contributed by atoms with Crippen LogP contribution in [0.25, 0.3) is 0 Å². The predicted octanol–water partition coefficient (Wildman–Crippen LogP) is 3.59. The largest absolute Gasteiger partial charge is 0.461 e. The highest BCUT2D eigenvalue weighted by atomic mass is 16.5. The van der Waals surface area contributed by atoms with Crippen molar-refractivity contribution in [1.29, 1.82) is 0 Å². The molecular weight excluding hydrogens is 314 g/mol. The molecule has 0 bridgehead atoms. The van der Waals surface area contributed by atoms with E-state index in [1.165, 1.54) is 0 Å². The summed E-state index contributed by atoms with van der Waals surface area (Å²) in [6.07, 6.45) is 1.32. The highest BCUT2D eigenvalue weighted by molar-refractivity contribution is 5.94. The Morgan fingerprint density at radius 2 is 1.76 bits per heavy atom. The van der Waals surface area contributed by atoms with Crippen LogP contribution in [0, 0.1) is 12.8 Å². The Balaban J connectivity index is 1.49. The first-order chi connectivity index (χ1) is 12.1. The quantitative estimate of drug-likeness (QED) is 0.801. The minimum absolute atomic E-state index is 0.0415. The smallest absolute Gasteiger partial charge is 0.309 e. The number of piperidine rings is 1. The highest BCUT2D eigenvalue weighted by Crippen LogP contribution is 2.21. The Bertz CT molecular complexity index is 734. The van der Waals surface area contributed by atoms with Crippen molar-refractivity contribution in [3.05, 3.63) is 71.3 Å². The maximum absolute atomic E-state index is 12.5. The van der Waals surface area contributed by atoms with Gasteiger partial charge in [-0.25, -0.2) is 0 Å². The second kappa shape index (κ2) is 7.97. The van der Waals surface area contributed by atoms with Gasteiger partial charge in [0.2, 0.25) is 0 Å². The third kappa shape index (κ3) is 4.47. The fourth-order valence-corrected chi connectivity index (χ4v) is 3.13. The van der Waals surface area contributed by atoms with Crippen LogP contribution < -0.4 is 0 Å². The van der Waals surface area contributed by atoms with E-state index < -0.39 is 0 Å². The molecule has 1 saturated heterocycles. The molecule has 0 unspecified atom stereocenters. The van der Waals surface area contributed by atoms with Gasteiger partial charge in [0, 0.05) is 18.7 Å². The summed E-state index contributed by atoms with van der Waals surface area (Å²) < 4.78 is 5.42. The molecule has 1 amide bonds. The lowest BCUT2D eigenvalue weighted by atomic mass is 9.96. The van der Waals surface area contributed by atoms with E-state index in [1.807, 2.05) is 66.4 Å². The number of hydrogen-bond acceptors (Lipinski definition) is 3. The first-order valence-electron chi connectivity index (χ1n) is 8.70. The van der Waals surface area contributed by atoms with Crippen molar-refractivity contribution in [3.63, 3.8) is 0 Å². The van der Waals surface area contributed by atoms with Crippen molar-refractivity contribution >= 4 is 11.9 Å². The molecule has 1 fully saturated rings. The second-order valence-corrected chi connectivity index (χ2v) is 6.53. The third-order valence-electron chi connectivity index (χ3n) is 4.60. The molecule has 4 nitrogen and oxygen atoms in total. The molecule has 0 N–H and O–H groups in total. The number of amides is 1. The number of hydrogen-bond donors (Lipinski definition) is 0. The van der Waals surface area contributed by atoms with Crippen LogP contribution in [0.15, 0.2) is 54.6 Å². The molecule has 0 atom stereocenters. The zero-order chi connectivity index (χ0) is 17.6. The van der Waals surface area contributed by atoms with E-state index in [0.717, 1.165) is 11.1 Å². The van der Waals surface area contributed by atoms with Gasteiger partial charge in [0.1, 0.15) is 6.61 Å². The van der Waals surface area contributed by atoms with E-state index in [9.17, 15) is 9.59 Å². The number of aryl methyl sites for hydroxylation is 1. The van der Waals surface area contributed by atoms with Crippen LogP contribution >= 0.6 is 0 Å². The van der Waals surface area contributed by atoms with Gasteiger partial charge in [0.15, 0.2) is 0 Å². The van der Waals surface area contributed by atoms with Crippen molar-refractivity contribution < 1.29 is 14.3 Å². The zero-order valence-electron chi connectivity index (χ0n) is 14.5. The summed E-state index contributed by atoms with van der Waals surface area (Å²) >= 11 is 0. The van der Waals surface area contributed by atoms with E-state index in [0.29, 0.717) is 38.1 Å². The minimum atomic E-state index is -0.161. The van der Waals surface area contributed by atoms with Gasteiger partial charge in [-0.3, -0.25) is 9.59 Å². The lowest BCUT2D eigenvalue weighted by Gasteiger charge is -2.31. The summed E-state index contributed by atoms with van der Waals surface area (Å²) in [4.78, 5) is 26.6. The lowest BCUT2D eigenvalue weighted by molar-refractivity contribution is -0.151. The molecule has 3 rings (SSSR count). The molecule has 0 aliphatic carbocycles.